The first-order chi connectivity index (χ1) is 17.2. The van der Waals surface area contributed by atoms with E-state index in [1.807, 2.05) is 0 Å². The summed E-state index contributed by atoms with van der Waals surface area (Å²) in [5.41, 5.74) is 1.27. The van der Waals surface area contributed by atoms with E-state index in [4.69, 9.17) is 9.47 Å². The number of rotatable bonds is 21. The van der Waals surface area contributed by atoms with Gasteiger partial charge < -0.3 is 9.47 Å². The van der Waals surface area contributed by atoms with Crippen LogP contribution < -0.4 is 0 Å². The molecule has 204 valence electrons. The molecule has 0 atom stereocenters. The molecule has 0 radical (unpaired) electrons. The van der Waals surface area contributed by atoms with E-state index in [2.05, 4.69) is 20.8 Å². The summed E-state index contributed by atoms with van der Waals surface area (Å²) in [5.74, 6) is -0.390. The van der Waals surface area contributed by atoms with E-state index in [0.29, 0.717) is 30.8 Å². The van der Waals surface area contributed by atoms with Crippen LogP contribution in [-0.2, 0) is 19.1 Å². The standard InChI is InChI=1S/C31H56O4/c1-4-7-10-12-14-20-25-34-30(32)28(24-17-9-6-3)29(27-22-18-16-19-23-27)31(33)35-26-21-15-13-11-8-5-2/h27H,4-26H2,1-3H3. The average Bonchev–Trinajstić information content (AvgIpc) is 2.87. The molecule has 4 heteroatoms. The third kappa shape index (κ3) is 14.7. The molecule has 0 aromatic rings. The molecule has 1 fully saturated rings. The molecule has 0 heterocycles. The fourth-order valence-corrected chi connectivity index (χ4v) is 5.09. The highest BCUT2D eigenvalue weighted by atomic mass is 16.5. The van der Waals surface area contributed by atoms with Crippen LogP contribution in [0.25, 0.3) is 0 Å². The number of unbranched alkanes of at least 4 members (excludes halogenated alkanes) is 12. The molecule has 4 nitrogen and oxygen atoms in total. The van der Waals surface area contributed by atoms with Gasteiger partial charge in [0.1, 0.15) is 0 Å². The molecule has 0 bridgehead atoms. The molecule has 0 unspecified atom stereocenters. The van der Waals surface area contributed by atoms with Crippen LogP contribution in [0.15, 0.2) is 11.1 Å². The summed E-state index contributed by atoms with van der Waals surface area (Å²) in [5, 5.41) is 0. The molecule has 0 spiro atoms. The third-order valence-electron chi connectivity index (χ3n) is 7.30. The van der Waals surface area contributed by atoms with Crippen molar-refractivity contribution in [3.05, 3.63) is 11.1 Å². The molecule has 0 aromatic heterocycles. The van der Waals surface area contributed by atoms with Gasteiger partial charge in [0.2, 0.25) is 0 Å². The number of hydrogen-bond acceptors (Lipinski definition) is 4. The fraction of sp³-hybridized carbons (Fsp3) is 0.871. The zero-order valence-electron chi connectivity index (χ0n) is 23.5. The maximum Gasteiger partial charge on any atom is 0.334 e. The summed E-state index contributed by atoms with van der Waals surface area (Å²) >= 11 is 0. The van der Waals surface area contributed by atoms with Crippen LogP contribution in [0.4, 0.5) is 0 Å². The highest BCUT2D eigenvalue weighted by Crippen LogP contribution is 2.34. The van der Waals surface area contributed by atoms with E-state index in [1.54, 1.807) is 0 Å². The Morgan fingerprint density at radius 2 is 1.03 bits per heavy atom. The van der Waals surface area contributed by atoms with Gasteiger partial charge in [0.25, 0.3) is 0 Å². The molecule has 1 saturated carbocycles. The molecule has 0 saturated heterocycles. The number of carbonyl (C=O) groups is 2. The number of carbonyl (C=O) groups excluding carboxylic acids is 2. The zero-order valence-corrected chi connectivity index (χ0v) is 23.5. The van der Waals surface area contributed by atoms with Gasteiger partial charge in [-0.15, -0.1) is 0 Å². The first-order valence-electron chi connectivity index (χ1n) is 15.2. The smallest absolute Gasteiger partial charge is 0.334 e. The number of esters is 2. The lowest BCUT2D eigenvalue weighted by molar-refractivity contribution is -0.143. The Labute approximate surface area is 217 Å². The van der Waals surface area contributed by atoms with Gasteiger partial charge in [0.15, 0.2) is 0 Å². The molecular weight excluding hydrogens is 436 g/mol. The third-order valence-corrected chi connectivity index (χ3v) is 7.30. The normalized spacial score (nSPS) is 15.1. The predicted molar refractivity (Wildman–Crippen MR) is 146 cm³/mol. The lowest BCUT2D eigenvalue weighted by Gasteiger charge is -2.26. The van der Waals surface area contributed by atoms with Crippen LogP contribution in [0.2, 0.25) is 0 Å². The quantitative estimate of drug-likeness (QED) is 0.0910. The van der Waals surface area contributed by atoms with Crippen molar-refractivity contribution in [3.8, 4) is 0 Å². The van der Waals surface area contributed by atoms with Crippen molar-refractivity contribution in [3.63, 3.8) is 0 Å². The minimum absolute atomic E-state index is 0.138. The Balaban J connectivity index is 2.82. The van der Waals surface area contributed by atoms with E-state index < -0.39 is 0 Å². The first kappa shape index (κ1) is 31.7. The summed E-state index contributed by atoms with van der Waals surface area (Å²) in [6, 6.07) is 0. The first-order valence-corrected chi connectivity index (χ1v) is 15.2. The van der Waals surface area contributed by atoms with E-state index >= 15 is 0 Å². The van der Waals surface area contributed by atoms with Gasteiger partial charge in [-0.05, 0) is 44.4 Å². The molecule has 0 aromatic carbocycles. The molecule has 1 aliphatic carbocycles. The van der Waals surface area contributed by atoms with Gasteiger partial charge in [0.05, 0.1) is 18.8 Å². The second kappa shape index (κ2) is 21.9. The molecule has 0 N–H and O–H groups in total. The molecule has 1 rings (SSSR count). The Morgan fingerprint density at radius 3 is 1.57 bits per heavy atom. The zero-order chi connectivity index (χ0) is 25.6. The summed E-state index contributed by atoms with van der Waals surface area (Å²) in [7, 11) is 0. The van der Waals surface area contributed by atoms with Crippen molar-refractivity contribution in [2.24, 2.45) is 5.92 Å². The maximum atomic E-state index is 13.3. The number of ether oxygens (including phenoxy) is 2. The van der Waals surface area contributed by atoms with Crippen LogP contribution in [0.1, 0.15) is 156 Å². The predicted octanol–water partition coefficient (Wildman–Crippen LogP) is 9.25. The molecule has 0 aliphatic heterocycles. The summed E-state index contributed by atoms with van der Waals surface area (Å²) in [4.78, 5) is 26.6. The van der Waals surface area contributed by atoms with E-state index in [9.17, 15) is 9.59 Å². The SMILES string of the molecule is CCCCCCCCOC(=O)C(CCCCC)=C(C(=O)OCCCCCCCC)C1CCCCC1. The lowest BCUT2D eigenvalue weighted by atomic mass is 9.80. The van der Waals surface area contributed by atoms with Gasteiger partial charge in [0, 0.05) is 5.57 Å². The molecule has 35 heavy (non-hydrogen) atoms. The van der Waals surface area contributed by atoms with Crippen LogP contribution in [0, 0.1) is 5.92 Å². The van der Waals surface area contributed by atoms with Crippen molar-refractivity contribution in [2.45, 2.75) is 156 Å². The minimum Gasteiger partial charge on any atom is -0.462 e. The van der Waals surface area contributed by atoms with Gasteiger partial charge in [-0.2, -0.15) is 0 Å². The second-order valence-corrected chi connectivity index (χ2v) is 10.5. The average molecular weight is 493 g/mol. The Kier molecular flexibility index (Phi) is 19.9. The van der Waals surface area contributed by atoms with Crippen molar-refractivity contribution in [1.29, 1.82) is 0 Å². The van der Waals surface area contributed by atoms with Crippen LogP contribution in [0.5, 0.6) is 0 Å². The Morgan fingerprint density at radius 1 is 0.571 bits per heavy atom. The van der Waals surface area contributed by atoms with E-state index in [-0.39, 0.29) is 17.9 Å². The van der Waals surface area contributed by atoms with E-state index in [1.165, 1.54) is 57.8 Å². The summed E-state index contributed by atoms with van der Waals surface area (Å²) in [6.45, 7) is 7.51. The second-order valence-electron chi connectivity index (χ2n) is 10.5. The Hall–Kier alpha value is -1.32. The summed E-state index contributed by atoms with van der Waals surface area (Å²) < 4.78 is 11.5. The number of hydrogen-bond donors (Lipinski definition) is 0. The fourth-order valence-electron chi connectivity index (χ4n) is 5.09. The largest absolute Gasteiger partial charge is 0.462 e. The van der Waals surface area contributed by atoms with Crippen molar-refractivity contribution in [1.82, 2.24) is 0 Å². The topological polar surface area (TPSA) is 52.6 Å². The Bertz CT molecular complexity index is 575. The van der Waals surface area contributed by atoms with Gasteiger partial charge in [-0.1, -0.05) is 117 Å². The monoisotopic (exact) mass is 492 g/mol. The van der Waals surface area contributed by atoms with Crippen molar-refractivity contribution in [2.75, 3.05) is 13.2 Å². The highest BCUT2D eigenvalue weighted by Gasteiger charge is 2.30. The van der Waals surface area contributed by atoms with Gasteiger partial charge in [-0.3, -0.25) is 0 Å². The van der Waals surface area contributed by atoms with Crippen LogP contribution >= 0.6 is 0 Å². The van der Waals surface area contributed by atoms with Crippen molar-refractivity contribution < 1.29 is 19.1 Å². The highest BCUT2D eigenvalue weighted by molar-refractivity contribution is 6.00. The lowest BCUT2D eigenvalue weighted by Crippen LogP contribution is -2.24. The summed E-state index contributed by atoms with van der Waals surface area (Å²) in [6.07, 6.45) is 23.0. The minimum atomic E-state index is -0.272. The molecule has 0 amide bonds. The molecular formula is C31H56O4. The van der Waals surface area contributed by atoms with E-state index in [0.717, 1.165) is 70.6 Å². The van der Waals surface area contributed by atoms with Crippen LogP contribution in [-0.4, -0.2) is 25.2 Å². The van der Waals surface area contributed by atoms with Crippen LogP contribution in [0.3, 0.4) is 0 Å². The maximum absolute atomic E-state index is 13.3. The van der Waals surface area contributed by atoms with Gasteiger partial charge in [-0.25, -0.2) is 9.59 Å². The molecule has 1 aliphatic rings. The van der Waals surface area contributed by atoms with Crippen molar-refractivity contribution >= 4 is 11.9 Å². The van der Waals surface area contributed by atoms with Gasteiger partial charge >= 0.3 is 11.9 Å².